The van der Waals surface area contributed by atoms with Crippen LogP contribution in [0.2, 0.25) is 0 Å². The van der Waals surface area contributed by atoms with E-state index in [2.05, 4.69) is 17.1 Å². The summed E-state index contributed by atoms with van der Waals surface area (Å²) >= 11 is 0. The number of nitrogens with one attached hydrogen (secondary N) is 1. The van der Waals surface area contributed by atoms with Crippen LogP contribution in [-0.2, 0) is 4.74 Å². The summed E-state index contributed by atoms with van der Waals surface area (Å²) in [4.78, 5) is 2.45. The van der Waals surface area contributed by atoms with E-state index in [1.54, 1.807) is 12.1 Å². The first-order valence-electron chi connectivity index (χ1n) is 8.04. The molecule has 1 heterocycles. The molecule has 3 nitrogen and oxygen atoms in total. The Labute approximate surface area is 126 Å². The van der Waals surface area contributed by atoms with Crippen molar-refractivity contribution in [2.45, 2.75) is 31.8 Å². The highest BCUT2D eigenvalue weighted by Gasteiger charge is 2.33. The molecule has 21 heavy (non-hydrogen) atoms. The Bertz CT molecular complexity index is 441. The van der Waals surface area contributed by atoms with Crippen molar-refractivity contribution in [2.24, 2.45) is 5.92 Å². The lowest BCUT2D eigenvalue weighted by molar-refractivity contribution is 0.0337. The molecular formula is C17H25FN2O. The van der Waals surface area contributed by atoms with Crippen molar-refractivity contribution in [3.05, 3.63) is 35.6 Å². The number of benzene rings is 1. The van der Waals surface area contributed by atoms with Gasteiger partial charge < -0.3 is 10.1 Å². The molecule has 0 amide bonds. The molecule has 1 N–H and O–H groups in total. The fourth-order valence-corrected chi connectivity index (χ4v) is 3.13. The third-order valence-electron chi connectivity index (χ3n) is 4.42. The van der Waals surface area contributed by atoms with Crippen LogP contribution in [0, 0.1) is 11.7 Å². The van der Waals surface area contributed by atoms with Crippen LogP contribution in [0.3, 0.4) is 0 Å². The van der Waals surface area contributed by atoms with Crippen LogP contribution in [0.5, 0.6) is 0 Å². The summed E-state index contributed by atoms with van der Waals surface area (Å²) < 4.78 is 18.5. The van der Waals surface area contributed by atoms with Crippen molar-refractivity contribution in [3.63, 3.8) is 0 Å². The monoisotopic (exact) mass is 292 g/mol. The summed E-state index contributed by atoms with van der Waals surface area (Å²) in [6.45, 7) is 7.03. The molecular weight excluding hydrogens is 267 g/mol. The predicted molar refractivity (Wildman–Crippen MR) is 81.7 cm³/mol. The maximum atomic E-state index is 13.1. The Kier molecular flexibility index (Phi) is 4.88. The molecule has 0 radical (unpaired) electrons. The van der Waals surface area contributed by atoms with E-state index in [4.69, 9.17) is 4.74 Å². The average Bonchev–Trinajstić information content (AvgIpc) is 3.31. The number of ether oxygens (including phenoxy) is 1. The van der Waals surface area contributed by atoms with Gasteiger partial charge in [-0.05, 0) is 43.4 Å². The molecule has 3 rings (SSSR count). The lowest BCUT2D eigenvalue weighted by Crippen LogP contribution is -2.45. The molecule has 1 aliphatic heterocycles. The molecule has 2 aliphatic rings. The lowest BCUT2D eigenvalue weighted by Gasteiger charge is -2.31. The second-order valence-corrected chi connectivity index (χ2v) is 6.35. The van der Waals surface area contributed by atoms with Gasteiger partial charge in [0, 0.05) is 31.7 Å². The van der Waals surface area contributed by atoms with Gasteiger partial charge in [0.2, 0.25) is 0 Å². The molecule has 1 saturated carbocycles. The predicted octanol–water partition coefficient (Wildman–Crippen LogP) is 2.59. The second kappa shape index (κ2) is 6.86. The van der Waals surface area contributed by atoms with Gasteiger partial charge in [0.15, 0.2) is 0 Å². The summed E-state index contributed by atoms with van der Waals surface area (Å²) in [7, 11) is 0. The first-order chi connectivity index (χ1) is 10.2. The number of hydrogen-bond acceptors (Lipinski definition) is 3. The molecule has 1 aromatic carbocycles. The van der Waals surface area contributed by atoms with Gasteiger partial charge in [-0.3, -0.25) is 4.90 Å². The fourth-order valence-electron chi connectivity index (χ4n) is 3.13. The van der Waals surface area contributed by atoms with Gasteiger partial charge in [0.05, 0.1) is 13.2 Å². The minimum Gasteiger partial charge on any atom is -0.379 e. The number of halogens is 1. The van der Waals surface area contributed by atoms with E-state index in [9.17, 15) is 4.39 Å². The minimum absolute atomic E-state index is 0.158. The Morgan fingerprint density at radius 2 is 1.90 bits per heavy atom. The van der Waals surface area contributed by atoms with E-state index in [1.165, 1.54) is 18.4 Å². The molecule has 0 bridgehead atoms. The van der Waals surface area contributed by atoms with Crippen molar-refractivity contribution < 1.29 is 9.13 Å². The maximum absolute atomic E-state index is 13.1. The highest BCUT2D eigenvalue weighted by atomic mass is 19.1. The lowest BCUT2D eigenvalue weighted by atomic mass is 10.0. The van der Waals surface area contributed by atoms with Gasteiger partial charge in [0.1, 0.15) is 5.82 Å². The molecule has 116 valence electrons. The molecule has 2 unspecified atom stereocenters. The quantitative estimate of drug-likeness (QED) is 0.872. The maximum Gasteiger partial charge on any atom is 0.123 e. The third kappa shape index (κ3) is 4.25. The van der Waals surface area contributed by atoms with Gasteiger partial charge in [-0.15, -0.1) is 0 Å². The average molecular weight is 292 g/mol. The van der Waals surface area contributed by atoms with Crippen LogP contribution in [0.4, 0.5) is 4.39 Å². The normalized spacial score (nSPS) is 23.0. The molecule has 1 aromatic rings. The number of hydrogen-bond donors (Lipinski definition) is 1. The zero-order chi connectivity index (χ0) is 14.7. The zero-order valence-corrected chi connectivity index (χ0v) is 12.7. The van der Waals surface area contributed by atoms with E-state index >= 15 is 0 Å². The van der Waals surface area contributed by atoms with E-state index in [0.717, 1.165) is 32.8 Å². The SMILES string of the molecule is CC(CN1CCOCC1)NC(c1ccc(F)cc1)C1CC1. The molecule has 1 aliphatic carbocycles. The second-order valence-electron chi connectivity index (χ2n) is 6.35. The highest BCUT2D eigenvalue weighted by molar-refractivity contribution is 5.22. The topological polar surface area (TPSA) is 24.5 Å². The number of nitrogens with zero attached hydrogens (tertiary/aromatic N) is 1. The number of rotatable bonds is 6. The van der Waals surface area contributed by atoms with Gasteiger partial charge in [0.25, 0.3) is 0 Å². The Morgan fingerprint density at radius 3 is 2.52 bits per heavy atom. The van der Waals surface area contributed by atoms with Gasteiger partial charge in [-0.1, -0.05) is 12.1 Å². The highest BCUT2D eigenvalue weighted by Crippen LogP contribution is 2.41. The van der Waals surface area contributed by atoms with Crippen molar-refractivity contribution in [2.75, 3.05) is 32.8 Å². The van der Waals surface area contributed by atoms with Gasteiger partial charge in [-0.25, -0.2) is 4.39 Å². The summed E-state index contributed by atoms with van der Waals surface area (Å²) in [5.41, 5.74) is 1.22. The zero-order valence-electron chi connectivity index (χ0n) is 12.7. The first kappa shape index (κ1) is 14.9. The summed E-state index contributed by atoms with van der Waals surface area (Å²) in [5.74, 6) is 0.553. The van der Waals surface area contributed by atoms with Crippen LogP contribution in [0.15, 0.2) is 24.3 Å². The Hall–Kier alpha value is -0.970. The van der Waals surface area contributed by atoms with Crippen molar-refractivity contribution in [1.29, 1.82) is 0 Å². The first-order valence-corrected chi connectivity index (χ1v) is 8.04. The van der Waals surface area contributed by atoms with Crippen LogP contribution >= 0.6 is 0 Å². The molecule has 2 atom stereocenters. The smallest absolute Gasteiger partial charge is 0.123 e. The molecule has 0 spiro atoms. The molecule has 1 saturated heterocycles. The largest absolute Gasteiger partial charge is 0.379 e. The van der Waals surface area contributed by atoms with E-state index < -0.39 is 0 Å². The summed E-state index contributed by atoms with van der Waals surface area (Å²) in [6.07, 6.45) is 2.55. The number of morpholine rings is 1. The van der Waals surface area contributed by atoms with E-state index in [1.807, 2.05) is 12.1 Å². The summed E-state index contributed by atoms with van der Waals surface area (Å²) in [5, 5.41) is 3.76. The van der Waals surface area contributed by atoms with Crippen molar-refractivity contribution in [1.82, 2.24) is 10.2 Å². The minimum atomic E-state index is -0.158. The Balaban J connectivity index is 1.58. The fraction of sp³-hybridized carbons (Fsp3) is 0.647. The molecule has 4 heteroatoms. The van der Waals surface area contributed by atoms with Crippen molar-refractivity contribution >= 4 is 0 Å². The van der Waals surface area contributed by atoms with E-state index in [-0.39, 0.29) is 5.82 Å². The van der Waals surface area contributed by atoms with Crippen LogP contribution in [0.25, 0.3) is 0 Å². The molecule has 2 fully saturated rings. The Morgan fingerprint density at radius 1 is 1.24 bits per heavy atom. The van der Waals surface area contributed by atoms with Crippen LogP contribution in [-0.4, -0.2) is 43.8 Å². The summed E-state index contributed by atoms with van der Waals surface area (Å²) in [6, 6.07) is 7.78. The van der Waals surface area contributed by atoms with Gasteiger partial charge >= 0.3 is 0 Å². The van der Waals surface area contributed by atoms with E-state index in [0.29, 0.717) is 18.0 Å². The molecule has 0 aromatic heterocycles. The van der Waals surface area contributed by atoms with Gasteiger partial charge in [-0.2, -0.15) is 0 Å². The third-order valence-corrected chi connectivity index (χ3v) is 4.42. The van der Waals surface area contributed by atoms with Crippen molar-refractivity contribution in [3.8, 4) is 0 Å². The standard InChI is InChI=1S/C17H25FN2O/c1-13(12-20-8-10-21-11-9-20)19-17(14-2-3-14)15-4-6-16(18)7-5-15/h4-7,13-14,17,19H,2-3,8-12H2,1H3. The van der Waals surface area contributed by atoms with Crippen LogP contribution < -0.4 is 5.32 Å². The van der Waals surface area contributed by atoms with Crippen LogP contribution in [0.1, 0.15) is 31.4 Å².